The molecule has 1 heterocycles. The number of hydrogen-bond acceptors (Lipinski definition) is 5. The zero-order valence-electron chi connectivity index (χ0n) is 12.1. The molecule has 5 heteroatoms. The van der Waals surface area contributed by atoms with Crippen molar-refractivity contribution in [3.8, 4) is 0 Å². The summed E-state index contributed by atoms with van der Waals surface area (Å²) >= 11 is 0. The summed E-state index contributed by atoms with van der Waals surface area (Å²) < 4.78 is 0. The summed E-state index contributed by atoms with van der Waals surface area (Å²) in [5.74, 6) is 0.767. The summed E-state index contributed by atoms with van der Waals surface area (Å²) in [7, 11) is 2.00. The van der Waals surface area contributed by atoms with E-state index in [9.17, 15) is 0 Å². The van der Waals surface area contributed by atoms with Gasteiger partial charge in [0.25, 0.3) is 0 Å². The van der Waals surface area contributed by atoms with Crippen molar-refractivity contribution in [1.82, 2.24) is 15.3 Å². The first kappa shape index (κ1) is 15.9. The molecule has 2 N–H and O–H groups in total. The van der Waals surface area contributed by atoms with E-state index >= 15 is 0 Å². The zero-order chi connectivity index (χ0) is 13.9. The van der Waals surface area contributed by atoms with Crippen LogP contribution in [0, 0.1) is 0 Å². The van der Waals surface area contributed by atoms with Crippen LogP contribution < -0.4 is 10.2 Å². The third-order valence-corrected chi connectivity index (χ3v) is 2.94. The Morgan fingerprint density at radius 2 is 1.95 bits per heavy atom. The Morgan fingerprint density at radius 3 is 2.58 bits per heavy atom. The number of nitrogens with zero attached hydrogens (tertiary/aromatic N) is 3. The van der Waals surface area contributed by atoms with Crippen molar-refractivity contribution >= 4 is 5.95 Å². The van der Waals surface area contributed by atoms with Gasteiger partial charge in [0, 0.05) is 44.7 Å². The molecule has 0 atom stereocenters. The number of aromatic nitrogens is 2. The molecule has 1 aromatic rings. The monoisotopic (exact) mass is 266 g/mol. The van der Waals surface area contributed by atoms with Crippen LogP contribution >= 0.6 is 0 Å². The lowest BCUT2D eigenvalue weighted by molar-refractivity contribution is 0.283. The predicted octanol–water partition coefficient (Wildman–Crippen LogP) is 1.57. The van der Waals surface area contributed by atoms with Crippen LogP contribution in [0.3, 0.4) is 0 Å². The number of anilines is 1. The van der Waals surface area contributed by atoms with Gasteiger partial charge in [-0.1, -0.05) is 6.92 Å². The van der Waals surface area contributed by atoms with Gasteiger partial charge in [0.1, 0.15) is 0 Å². The number of aliphatic hydroxyl groups is 1. The molecule has 0 spiro atoms. The van der Waals surface area contributed by atoms with E-state index < -0.39 is 0 Å². The van der Waals surface area contributed by atoms with Gasteiger partial charge in [-0.05, 0) is 32.2 Å². The third-order valence-electron chi connectivity index (χ3n) is 2.94. The van der Waals surface area contributed by atoms with Gasteiger partial charge >= 0.3 is 0 Å². The maximum absolute atomic E-state index is 8.72. The molecule has 0 fully saturated rings. The smallest absolute Gasteiger partial charge is 0.224 e. The minimum Gasteiger partial charge on any atom is -0.396 e. The van der Waals surface area contributed by atoms with E-state index in [1.807, 2.05) is 19.4 Å². The minimum absolute atomic E-state index is 0.277. The van der Waals surface area contributed by atoms with Crippen LogP contribution in [0.1, 0.15) is 38.2 Å². The highest BCUT2D eigenvalue weighted by molar-refractivity contribution is 5.28. The summed E-state index contributed by atoms with van der Waals surface area (Å²) in [6.45, 7) is 5.20. The van der Waals surface area contributed by atoms with E-state index in [1.54, 1.807) is 0 Å². The van der Waals surface area contributed by atoms with Gasteiger partial charge in [-0.25, -0.2) is 9.97 Å². The SMILES string of the molecule is CCCNCc1cnc(N(C)CCCCCO)nc1. The van der Waals surface area contributed by atoms with E-state index in [0.717, 1.165) is 56.8 Å². The number of nitrogens with one attached hydrogen (secondary N) is 1. The summed E-state index contributed by atoms with van der Waals surface area (Å²) in [6, 6.07) is 0. The second kappa shape index (κ2) is 9.69. The van der Waals surface area contributed by atoms with Crippen molar-refractivity contribution in [1.29, 1.82) is 0 Å². The van der Waals surface area contributed by atoms with Crippen molar-refractivity contribution in [2.24, 2.45) is 0 Å². The van der Waals surface area contributed by atoms with Crippen LogP contribution in [-0.2, 0) is 6.54 Å². The van der Waals surface area contributed by atoms with Gasteiger partial charge in [0.2, 0.25) is 5.95 Å². The molecule has 108 valence electrons. The van der Waals surface area contributed by atoms with Crippen molar-refractivity contribution in [2.75, 3.05) is 31.6 Å². The van der Waals surface area contributed by atoms with Crippen LogP contribution in [0.15, 0.2) is 12.4 Å². The number of aliphatic hydroxyl groups excluding tert-OH is 1. The topological polar surface area (TPSA) is 61.3 Å². The molecule has 0 aromatic carbocycles. The molecule has 1 aromatic heterocycles. The van der Waals surface area contributed by atoms with Crippen LogP contribution in [-0.4, -0.2) is 41.8 Å². The molecule has 19 heavy (non-hydrogen) atoms. The van der Waals surface area contributed by atoms with Gasteiger partial charge in [0.15, 0.2) is 0 Å². The summed E-state index contributed by atoms with van der Waals surface area (Å²) in [5, 5.41) is 12.1. The van der Waals surface area contributed by atoms with E-state index in [-0.39, 0.29) is 6.61 Å². The minimum atomic E-state index is 0.277. The largest absolute Gasteiger partial charge is 0.396 e. The molecule has 0 radical (unpaired) electrons. The lowest BCUT2D eigenvalue weighted by Gasteiger charge is -2.16. The normalized spacial score (nSPS) is 10.7. The van der Waals surface area contributed by atoms with Crippen LogP contribution in [0.4, 0.5) is 5.95 Å². The molecule has 0 bridgehead atoms. The van der Waals surface area contributed by atoms with Gasteiger partial charge in [-0.3, -0.25) is 0 Å². The number of hydrogen-bond donors (Lipinski definition) is 2. The fourth-order valence-electron chi connectivity index (χ4n) is 1.78. The van der Waals surface area contributed by atoms with Crippen molar-refractivity contribution in [3.63, 3.8) is 0 Å². The van der Waals surface area contributed by atoms with Crippen molar-refractivity contribution < 1.29 is 5.11 Å². The van der Waals surface area contributed by atoms with E-state index in [0.29, 0.717) is 0 Å². The molecular weight excluding hydrogens is 240 g/mol. The lowest BCUT2D eigenvalue weighted by atomic mass is 10.2. The van der Waals surface area contributed by atoms with E-state index in [1.165, 1.54) is 0 Å². The average molecular weight is 266 g/mol. The van der Waals surface area contributed by atoms with Gasteiger partial charge in [0.05, 0.1) is 0 Å². The summed E-state index contributed by atoms with van der Waals surface area (Å²) in [5.41, 5.74) is 1.12. The lowest BCUT2D eigenvalue weighted by Crippen LogP contribution is -2.21. The molecule has 0 aliphatic carbocycles. The molecular formula is C14H26N4O. The fourth-order valence-corrected chi connectivity index (χ4v) is 1.78. The van der Waals surface area contributed by atoms with Gasteiger partial charge in [-0.2, -0.15) is 0 Å². The first-order valence-electron chi connectivity index (χ1n) is 7.11. The Hall–Kier alpha value is -1.20. The summed E-state index contributed by atoms with van der Waals surface area (Å²) in [6.07, 6.45) is 7.87. The van der Waals surface area contributed by atoms with Crippen molar-refractivity contribution in [3.05, 3.63) is 18.0 Å². The maximum atomic E-state index is 8.72. The first-order chi connectivity index (χ1) is 9.27. The van der Waals surface area contributed by atoms with E-state index in [2.05, 4.69) is 27.1 Å². The van der Waals surface area contributed by atoms with Crippen LogP contribution in [0.5, 0.6) is 0 Å². The molecule has 0 saturated carbocycles. The third kappa shape index (κ3) is 6.50. The highest BCUT2D eigenvalue weighted by Gasteiger charge is 2.03. The predicted molar refractivity (Wildman–Crippen MR) is 78.2 cm³/mol. The number of rotatable bonds is 10. The van der Waals surface area contributed by atoms with Gasteiger partial charge < -0.3 is 15.3 Å². The van der Waals surface area contributed by atoms with Crippen molar-refractivity contribution in [2.45, 2.75) is 39.2 Å². The Labute approximate surface area is 116 Å². The zero-order valence-corrected chi connectivity index (χ0v) is 12.1. The van der Waals surface area contributed by atoms with Crippen LogP contribution in [0.2, 0.25) is 0 Å². The second-order valence-electron chi connectivity index (χ2n) is 4.77. The Morgan fingerprint density at radius 1 is 1.21 bits per heavy atom. The fraction of sp³-hybridized carbons (Fsp3) is 0.714. The molecule has 0 amide bonds. The molecule has 0 aliphatic rings. The second-order valence-corrected chi connectivity index (χ2v) is 4.77. The average Bonchev–Trinajstić information content (AvgIpc) is 2.44. The Bertz CT molecular complexity index is 329. The highest BCUT2D eigenvalue weighted by Crippen LogP contribution is 2.07. The first-order valence-corrected chi connectivity index (χ1v) is 7.11. The Balaban J connectivity index is 2.33. The molecule has 5 nitrogen and oxygen atoms in total. The molecule has 0 unspecified atom stereocenters. The summed E-state index contributed by atoms with van der Waals surface area (Å²) in [4.78, 5) is 10.8. The standard InChI is InChI=1S/C14H26N4O/c1-3-7-15-10-13-11-16-14(17-12-13)18(2)8-5-4-6-9-19/h11-12,15,19H,3-10H2,1-2H3. The Kier molecular flexibility index (Phi) is 8.09. The maximum Gasteiger partial charge on any atom is 0.224 e. The number of unbranched alkanes of at least 4 members (excludes halogenated alkanes) is 2. The molecule has 0 saturated heterocycles. The molecule has 0 aliphatic heterocycles. The van der Waals surface area contributed by atoms with E-state index in [4.69, 9.17) is 5.11 Å². The highest BCUT2D eigenvalue weighted by atomic mass is 16.2. The molecule has 1 rings (SSSR count). The quantitative estimate of drug-likeness (QED) is 0.630. The van der Waals surface area contributed by atoms with Gasteiger partial charge in [-0.15, -0.1) is 0 Å². The van der Waals surface area contributed by atoms with Crippen LogP contribution in [0.25, 0.3) is 0 Å².